The molecule has 0 saturated heterocycles. The van der Waals surface area contributed by atoms with Crippen molar-refractivity contribution in [2.75, 3.05) is 0 Å². The van der Waals surface area contributed by atoms with E-state index in [1.54, 1.807) is 0 Å². The number of alkyl halides is 3. The Morgan fingerprint density at radius 2 is 1.75 bits per heavy atom. The van der Waals surface area contributed by atoms with E-state index in [2.05, 4.69) is 17.2 Å². The zero-order valence-corrected chi connectivity index (χ0v) is 10.3. The van der Waals surface area contributed by atoms with E-state index in [1.807, 2.05) is 0 Å². The van der Waals surface area contributed by atoms with Crippen molar-refractivity contribution in [2.45, 2.75) is 22.3 Å². The molecule has 0 aromatic heterocycles. The Morgan fingerprint density at radius 1 is 1.42 bits per heavy atom. The lowest BCUT2D eigenvalue weighted by Gasteiger charge is -2.26. The normalized spacial score (nSPS) is 22.9. The van der Waals surface area contributed by atoms with Crippen molar-refractivity contribution < 1.29 is 14.0 Å². The van der Waals surface area contributed by atoms with Crippen molar-refractivity contribution in [1.82, 2.24) is 0 Å². The first-order valence-electron chi connectivity index (χ1n) is 2.78. The highest BCUT2D eigenvalue weighted by Crippen LogP contribution is 2.62. The molecule has 1 N–H and O–H groups in total. The van der Waals surface area contributed by atoms with Crippen molar-refractivity contribution in [3.05, 3.63) is 0 Å². The second-order valence-corrected chi connectivity index (χ2v) is 8.61. The summed E-state index contributed by atoms with van der Waals surface area (Å²) in [7, 11) is -4.13. The maximum atomic E-state index is 11.2. The second-order valence-electron chi connectivity index (χ2n) is 2.32. The Hall–Kier alpha value is 1.37. The Labute approximate surface area is 91.3 Å². The molecular weight excluding hydrogens is 265 g/mol. The van der Waals surface area contributed by atoms with E-state index in [1.165, 1.54) is 13.8 Å². The summed E-state index contributed by atoms with van der Waals surface area (Å²) in [6.45, 7) is 2.41. The molecule has 3 nitrogen and oxygen atoms in total. The topological polar surface area (TPSA) is 46.5 Å². The predicted octanol–water partition coefficient (Wildman–Crippen LogP) is 3.18. The Morgan fingerprint density at radius 3 is 1.83 bits per heavy atom. The summed E-state index contributed by atoms with van der Waals surface area (Å²) < 4.78 is 12.2. The van der Waals surface area contributed by atoms with Gasteiger partial charge in [0, 0.05) is 0 Å². The lowest BCUT2D eigenvalue weighted by Crippen LogP contribution is -2.18. The molecule has 0 heterocycles. The maximum Gasteiger partial charge on any atom is 0.360 e. The minimum Gasteiger partial charge on any atom is -0.322 e. The number of halogens is 3. The van der Waals surface area contributed by atoms with E-state index < -0.39 is 16.1 Å². The van der Waals surface area contributed by atoms with Crippen LogP contribution in [0.15, 0.2) is 0 Å². The van der Waals surface area contributed by atoms with Crippen LogP contribution in [0.5, 0.6) is 0 Å². The van der Waals surface area contributed by atoms with E-state index >= 15 is 0 Å². The molecule has 0 aliphatic heterocycles. The van der Waals surface area contributed by atoms with Crippen LogP contribution in [-0.4, -0.2) is 13.4 Å². The van der Waals surface area contributed by atoms with Gasteiger partial charge in [0.1, 0.15) is 0 Å². The third kappa shape index (κ3) is 4.56. The molecule has 0 aliphatic rings. The van der Waals surface area contributed by atoms with Crippen LogP contribution in [0.4, 0.5) is 0 Å². The predicted molar refractivity (Wildman–Crippen MR) is 54.3 cm³/mol. The quantitative estimate of drug-likeness (QED) is 0.472. The zero-order chi connectivity index (χ0) is 10.2. The van der Waals surface area contributed by atoms with E-state index in [0.717, 1.165) is 0 Å². The molecule has 0 saturated carbocycles. The van der Waals surface area contributed by atoms with Gasteiger partial charge in [-0.2, -0.15) is 0 Å². The van der Waals surface area contributed by atoms with Gasteiger partial charge >= 0.3 is 7.60 Å². The maximum absolute atomic E-state index is 11.2. The van der Waals surface area contributed by atoms with Gasteiger partial charge in [0.2, 0.25) is 4.52 Å². The van der Waals surface area contributed by atoms with E-state index in [0.29, 0.717) is 0 Å². The van der Waals surface area contributed by atoms with Crippen LogP contribution in [0.1, 0.15) is 13.8 Å². The van der Waals surface area contributed by atoms with Gasteiger partial charge in [-0.15, -0.1) is 12.6 Å². The van der Waals surface area contributed by atoms with Crippen LogP contribution in [-0.2, 0) is 9.09 Å². The molecule has 0 amide bonds. The van der Waals surface area contributed by atoms with Crippen LogP contribution in [0.25, 0.3) is 0 Å². The van der Waals surface area contributed by atoms with Gasteiger partial charge in [0.05, 0.1) is 0 Å². The fraction of sp³-hybridized carbons (Fsp3) is 1.00. The standard InChI is InChI=1S/C4H8Cl3O3PS/c1-3(5,6)10-11(8,9)4(2,7)12/h12H,1-2H3,(H,8,9). The molecule has 12 heavy (non-hydrogen) atoms. The van der Waals surface area contributed by atoms with Gasteiger partial charge in [-0.3, -0.25) is 9.09 Å². The molecule has 0 aliphatic carbocycles. The lowest BCUT2D eigenvalue weighted by atomic mass is 10.9. The summed E-state index contributed by atoms with van der Waals surface area (Å²) in [5.41, 5.74) is 0. The monoisotopic (exact) mass is 272 g/mol. The molecule has 0 spiro atoms. The SMILES string of the molecule is CC(Cl)(Cl)OP(=O)(O)C(C)(S)Cl. The fourth-order valence-corrected chi connectivity index (χ4v) is 1.69. The van der Waals surface area contributed by atoms with E-state index in [9.17, 15) is 4.57 Å². The van der Waals surface area contributed by atoms with E-state index in [-0.39, 0.29) is 0 Å². The molecule has 0 radical (unpaired) electrons. The average Bonchev–Trinajstić information content (AvgIpc) is 1.52. The number of thiol groups is 1. The van der Waals surface area contributed by atoms with Gasteiger partial charge < -0.3 is 4.89 Å². The van der Waals surface area contributed by atoms with Crippen molar-refractivity contribution >= 4 is 55.0 Å². The number of hydrogen-bond acceptors (Lipinski definition) is 3. The summed E-state index contributed by atoms with van der Waals surface area (Å²) in [6, 6.07) is 0. The molecule has 0 fully saturated rings. The van der Waals surface area contributed by atoms with Gasteiger partial charge in [-0.25, -0.2) is 0 Å². The molecule has 74 valence electrons. The smallest absolute Gasteiger partial charge is 0.322 e. The second kappa shape index (κ2) is 3.85. The Bertz CT molecular complexity index is 209. The van der Waals surface area contributed by atoms with Crippen molar-refractivity contribution in [3.63, 3.8) is 0 Å². The average molecular weight is 274 g/mol. The van der Waals surface area contributed by atoms with Gasteiger partial charge in [-0.1, -0.05) is 34.8 Å². The Kier molecular flexibility index (Phi) is 4.29. The summed E-state index contributed by atoms with van der Waals surface area (Å²) in [5, 5.41) is 0. The summed E-state index contributed by atoms with van der Waals surface area (Å²) >= 11 is 19.8. The fourth-order valence-electron chi connectivity index (χ4n) is 0.301. The molecule has 0 aromatic carbocycles. The molecule has 0 rings (SSSR count). The molecule has 0 bridgehead atoms. The minimum atomic E-state index is -4.13. The molecule has 2 atom stereocenters. The largest absolute Gasteiger partial charge is 0.360 e. The third-order valence-corrected chi connectivity index (χ3v) is 4.21. The molecular formula is C4H8Cl3O3PS. The van der Waals surface area contributed by atoms with Crippen LogP contribution < -0.4 is 0 Å². The van der Waals surface area contributed by atoms with E-state index in [4.69, 9.17) is 39.7 Å². The Balaban J connectivity index is 4.57. The molecule has 8 heteroatoms. The van der Waals surface area contributed by atoms with Crippen molar-refractivity contribution in [2.24, 2.45) is 0 Å². The van der Waals surface area contributed by atoms with Crippen molar-refractivity contribution in [3.8, 4) is 0 Å². The zero-order valence-electron chi connectivity index (χ0n) is 6.29. The van der Waals surface area contributed by atoms with Crippen LogP contribution in [0.2, 0.25) is 0 Å². The lowest BCUT2D eigenvalue weighted by molar-refractivity contribution is 0.216. The van der Waals surface area contributed by atoms with Gasteiger partial charge in [0.25, 0.3) is 0 Å². The van der Waals surface area contributed by atoms with Gasteiger partial charge in [0.15, 0.2) is 3.95 Å². The van der Waals surface area contributed by atoms with Crippen LogP contribution in [0, 0.1) is 0 Å². The molecule has 2 unspecified atom stereocenters. The highest BCUT2D eigenvalue weighted by Gasteiger charge is 2.44. The minimum absolute atomic E-state index is 1.20. The first-order valence-corrected chi connectivity index (χ1v) is 5.94. The highest BCUT2D eigenvalue weighted by molar-refractivity contribution is 7.93. The number of rotatable bonds is 3. The van der Waals surface area contributed by atoms with Crippen LogP contribution >= 0.6 is 55.0 Å². The van der Waals surface area contributed by atoms with Crippen LogP contribution in [0.3, 0.4) is 0 Å². The van der Waals surface area contributed by atoms with Crippen molar-refractivity contribution in [1.29, 1.82) is 0 Å². The molecule has 0 aromatic rings. The first-order chi connectivity index (χ1) is 4.96. The van der Waals surface area contributed by atoms with Gasteiger partial charge in [-0.05, 0) is 13.8 Å². The first kappa shape index (κ1) is 13.4. The number of hydrogen-bond donors (Lipinski definition) is 2. The third-order valence-electron chi connectivity index (χ3n) is 0.800. The highest BCUT2D eigenvalue weighted by atomic mass is 35.5. The summed E-state index contributed by atoms with van der Waals surface area (Å²) in [4.78, 5) is 9.14. The summed E-state index contributed by atoms with van der Waals surface area (Å²) in [5.74, 6) is 0. The summed E-state index contributed by atoms with van der Waals surface area (Å²) in [6.07, 6.45) is 0.